The van der Waals surface area contributed by atoms with Gasteiger partial charge in [-0.2, -0.15) is 0 Å². The first-order chi connectivity index (χ1) is 16.8. The van der Waals surface area contributed by atoms with Crippen LogP contribution in [0.1, 0.15) is 162 Å². The Hall–Kier alpha value is -1.04. The first-order valence-electron chi connectivity index (χ1n) is 15.2. The van der Waals surface area contributed by atoms with Crippen molar-refractivity contribution in [1.82, 2.24) is 0 Å². The second-order valence-corrected chi connectivity index (χ2v) is 12.9. The Bertz CT molecular complexity index is 866. The van der Waals surface area contributed by atoms with E-state index in [4.69, 9.17) is 0 Å². The second-order valence-electron chi connectivity index (χ2n) is 11.8. The molecule has 0 saturated heterocycles. The van der Waals surface area contributed by atoms with Gasteiger partial charge in [0.05, 0.1) is 0 Å². The van der Waals surface area contributed by atoms with E-state index in [1.807, 2.05) is 0 Å². The maximum atomic E-state index is 3.60. The van der Waals surface area contributed by atoms with Crippen LogP contribution in [0.4, 0.5) is 0 Å². The van der Waals surface area contributed by atoms with Crippen LogP contribution < -0.4 is 5.19 Å². The molecule has 0 bridgehead atoms. The summed E-state index contributed by atoms with van der Waals surface area (Å²) in [4.78, 5) is 0. The first kappa shape index (κ1) is 28.5. The van der Waals surface area contributed by atoms with E-state index in [1.54, 1.807) is 27.4 Å². The lowest BCUT2D eigenvalue weighted by Crippen LogP contribution is -2.38. The maximum Gasteiger partial charge on any atom is 0.122 e. The van der Waals surface area contributed by atoms with Gasteiger partial charge in [0, 0.05) is 0 Å². The van der Waals surface area contributed by atoms with E-state index in [9.17, 15) is 0 Å². The summed E-state index contributed by atoms with van der Waals surface area (Å²) in [7, 11) is 0.736. The van der Waals surface area contributed by atoms with Gasteiger partial charge in [0.2, 0.25) is 0 Å². The van der Waals surface area contributed by atoms with Crippen LogP contribution in [-0.2, 0) is 21.7 Å². The molecule has 2 aliphatic carbocycles. The summed E-state index contributed by atoms with van der Waals surface area (Å²) < 4.78 is 0. The second kappa shape index (κ2) is 11.1. The third-order valence-electron chi connectivity index (χ3n) is 11.1. The van der Waals surface area contributed by atoms with Gasteiger partial charge in [-0.25, -0.2) is 0 Å². The van der Waals surface area contributed by atoms with Gasteiger partial charge in [0.25, 0.3) is 0 Å². The molecule has 0 aliphatic heterocycles. The number of unbranched alkanes of at least 4 members (excludes halogenated alkanes) is 1. The Kier molecular flexibility index (Phi) is 9.08. The van der Waals surface area contributed by atoms with Crippen LogP contribution in [0.15, 0.2) is 23.6 Å². The molecular weight excluding hydrogens is 436 g/mol. The zero-order valence-electron chi connectivity index (χ0n) is 24.7. The molecule has 35 heavy (non-hydrogen) atoms. The van der Waals surface area contributed by atoms with Gasteiger partial charge in [0.1, 0.15) is 9.52 Å². The molecule has 0 nitrogen and oxygen atoms in total. The van der Waals surface area contributed by atoms with E-state index in [-0.39, 0.29) is 0 Å². The van der Waals surface area contributed by atoms with Gasteiger partial charge in [-0.1, -0.05) is 85.7 Å². The minimum absolute atomic E-state index is 0.330. The van der Waals surface area contributed by atoms with Crippen molar-refractivity contribution in [1.29, 1.82) is 0 Å². The van der Waals surface area contributed by atoms with Crippen molar-refractivity contribution in [2.24, 2.45) is 0 Å². The summed E-state index contributed by atoms with van der Waals surface area (Å²) in [5.74, 6) is 0. The summed E-state index contributed by atoms with van der Waals surface area (Å²) >= 11 is 0. The normalized spacial score (nSPS) is 20.3. The van der Waals surface area contributed by atoms with Gasteiger partial charge in [0.15, 0.2) is 0 Å². The minimum atomic E-state index is 0.330. The van der Waals surface area contributed by atoms with E-state index >= 15 is 0 Å². The van der Waals surface area contributed by atoms with Crippen molar-refractivity contribution in [3.63, 3.8) is 0 Å². The zero-order chi connectivity index (χ0) is 25.9. The monoisotopic (exact) mass is 490 g/mol. The Morgan fingerprint density at radius 1 is 0.657 bits per heavy atom. The number of hydrogen-bond donors (Lipinski definition) is 0. The Morgan fingerprint density at radius 3 is 1.40 bits per heavy atom. The van der Waals surface area contributed by atoms with Gasteiger partial charge in [-0.05, 0) is 121 Å². The largest absolute Gasteiger partial charge is 0.134 e. The molecule has 0 unspecified atom stereocenters. The van der Waals surface area contributed by atoms with E-state index in [0.29, 0.717) is 21.7 Å². The molecule has 0 aromatic heterocycles. The number of hydrogen-bond acceptors (Lipinski definition) is 0. The number of fused-ring (bicyclic) bond motifs is 2. The van der Waals surface area contributed by atoms with Crippen molar-refractivity contribution in [2.75, 3.05) is 0 Å². The third-order valence-corrected chi connectivity index (χ3v) is 12.2. The van der Waals surface area contributed by atoms with Crippen LogP contribution in [0.2, 0.25) is 0 Å². The molecule has 0 fully saturated rings. The van der Waals surface area contributed by atoms with Crippen LogP contribution in [-0.4, -0.2) is 9.52 Å². The fraction of sp³-hybridized carbons (Fsp3) is 0.735. The molecule has 2 aliphatic rings. The number of allylic oxidation sites excluding steroid dienone is 1. The standard InChI is InChI=1S/C34H54Si/c1-10-19-20-21-22-35-30-28-26(31(11-2,12-3)24-33(28,15-6)16-7)23-27-29(30)34(17-8,18-9)25-32(27,13-4)14-5/h20,22-23H,10-19,24-25H2,1-9H3. The fourth-order valence-corrected chi connectivity index (χ4v) is 9.73. The van der Waals surface area contributed by atoms with Gasteiger partial charge in [-0.3, -0.25) is 0 Å². The van der Waals surface area contributed by atoms with Gasteiger partial charge < -0.3 is 0 Å². The third kappa shape index (κ3) is 4.27. The Labute approximate surface area is 221 Å². The average molecular weight is 491 g/mol. The molecule has 3 rings (SSSR count). The lowest BCUT2D eigenvalue weighted by atomic mass is 9.70. The highest BCUT2D eigenvalue weighted by Crippen LogP contribution is 2.61. The van der Waals surface area contributed by atoms with E-state index in [2.05, 4.69) is 85.9 Å². The lowest BCUT2D eigenvalue weighted by Gasteiger charge is -2.35. The van der Waals surface area contributed by atoms with Crippen molar-refractivity contribution >= 4 is 14.7 Å². The van der Waals surface area contributed by atoms with Crippen molar-refractivity contribution in [3.05, 3.63) is 45.8 Å². The van der Waals surface area contributed by atoms with E-state index in [1.165, 1.54) is 70.6 Å². The van der Waals surface area contributed by atoms with E-state index < -0.39 is 0 Å². The molecule has 0 atom stereocenters. The predicted molar refractivity (Wildman–Crippen MR) is 158 cm³/mol. The SMILES string of the molecule is CCCC=C=C[Si]c1c2c(cc3c1C(CC)(CC)CC3(CC)CC)C(CC)(CC)CC2(CC)CC. The zero-order valence-corrected chi connectivity index (χ0v) is 25.7. The van der Waals surface area contributed by atoms with Crippen molar-refractivity contribution in [2.45, 2.75) is 161 Å². The van der Waals surface area contributed by atoms with Gasteiger partial charge >= 0.3 is 0 Å². The van der Waals surface area contributed by atoms with Crippen LogP contribution in [0.5, 0.6) is 0 Å². The number of rotatable bonds is 12. The molecule has 0 saturated carbocycles. The van der Waals surface area contributed by atoms with Crippen molar-refractivity contribution in [3.8, 4) is 0 Å². The van der Waals surface area contributed by atoms with Crippen molar-refractivity contribution < 1.29 is 0 Å². The average Bonchev–Trinajstić information content (AvgIpc) is 3.37. The van der Waals surface area contributed by atoms with Crippen LogP contribution >= 0.6 is 0 Å². The molecule has 1 aromatic carbocycles. The summed E-state index contributed by atoms with van der Waals surface area (Å²) in [6, 6.07) is 2.81. The molecule has 1 aromatic rings. The predicted octanol–water partition coefficient (Wildman–Crippen LogP) is 9.52. The van der Waals surface area contributed by atoms with Crippen LogP contribution in [0.25, 0.3) is 0 Å². The highest BCUT2D eigenvalue weighted by Gasteiger charge is 2.55. The van der Waals surface area contributed by atoms with Crippen LogP contribution in [0.3, 0.4) is 0 Å². The summed E-state index contributed by atoms with van der Waals surface area (Å²) in [6.07, 6.45) is 17.4. The molecule has 1 heteroatoms. The molecule has 0 amide bonds. The molecule has 0 heterocycles. The first-order valence-corrected chi connectivity index (χ1v) is 16.3. The molecule has 2 radical (unpaired) electrons. The Morgan fingerprint density at radius 2 is 1.06 bits per heavy atom. The highest BCUT2D eigenvalue weighted by molar-refractivity contribution is 6.60. The smallest absolute Gasteiger partial charge is 0.122 e. The van der Waals surface area contributed by atoms with Crippen LogP contribution in [0, 0.1) is 0 Å². The quantitative estimate of drug-likeness (QED) is 0.202. The minimum Gasteiger partial charge on any atom is -0.134 e. The molecular formula is C34H54Si. The summed E-state index contributed by atoms with van der Waals surface area (Å²) in [5.41, 5.74) is 14.5. The van der Waals surface area contributed by atoms with Gasteiger partial charge in [-0.15, -0.1) is 5.73 Å². The fourth-order valence-electron chi connectivity index (χ4n) is 8.30. The highest BCUT2D eigenvalue weighted by atomic mass is 28.2. The maximum absolute atomic E-state index is 3.60. The Balaban J connectivity index is 2.49. The summed E-state index contributed by atoms with van der Waals surface area (Å²) in [6.45, 7) is 22.0. The lowest BCUT2D eigenvalue weighted by molar-refractivity contribution is 0.279. The molecule has 0 spiro atoms. The topological polar surface area (TPSA) is 0 Å². The number of benzene rings is 1. The van der Waals surface area contributed by atoms with E-state index in [0.717, 1.165) is 15.9 Å². The summed E-state index contributed by atoms with van der Waals surface area (Å²) in [5, 5.41) is 1.76. The molecule has 0 N–H and O–H groups in total. The molecule has 194 valence electrons.